The highest BCUT2D eigenvalue weighted by molar-refractivity contribution is 7.99. The van der Waals surface area contributed by atoms with Crippen LogP contribution in [0.2, 0.25) is 0 Å². The summed E-state index contributed by atoms with van der Waals surface area (Å²) in [4.78, 5) is 0.500. The number of methoxy groups -OCH3 is 1. The predicted octanol–water partition coefficient (Wildman–Crippen LogP) is 3.22. The van der Waals surface area contributed by atoms with Crippen molar-refractivity contribution in [1.29, 1.82) is 0 Å². The number of ether oxygens (including phenoxy) is 1. The molecule has 110 valence electrons. The molecule has 21 heavy (non-hydrogen) atoms. The van der Waals surface area contributed by atoms with Crippen molar-refractivity contribution in [2.24, 2.45) is 10.9 Å². The van der Waals surface area contributed by atoms with E-state index in [1.165, 1.54) is 7.11 Å². The summed E-state index contributed by atoms with van der Waals surface area (Å²) in [5, 5.41) is 11.2. The molecule has 0 aliphatic heterocycles. The van der Waals surface area contributed by atoms with Gasteiger partial charge in [-0.3, -0.25) is 0 Å². The van der Waals surface area contributed by atoms with Gasteiger partial charge in [0.15, 0.2) is 5.84 Å². The Labute approximate surface area is 124 Å². The van der Waals surface area contributed by atoms with E-state index in [1.54, 1.807) is 24.3 Å². The summed E-state index contributed by atoms with van der Waals surface area (Å²) in [6.07, 6.45) is 0. The fraction of sp³-hybridized carbons (Fsp3) is 0.0714. The third kappa shape index (κ3) is 3.43. The average molecular weight is 310 g/mol. The molecule has 2 aromatic carbocycles. The van der Waals surface area contributed by atoms with Crippen molar-refractivity contribution >= 4 is 17.6 Å². The molecule has 0 spiro atoms. The summed E-state index contributed by atoms with van der Waals surface area (Å²) in [7, 11) is 1.54. The number of nitrogens with zero attached hydrogens (tertiary/aromatic N) is 1. The lowest BCUT2D eigenvalue weighted by Crippen LogP contribution is -2.14. The van der Waals surface area contributed by atoms with Crippen molar-refractivity contribution in [1.82, 2.24) is 0 Å². The zero-order chi connectivity index (χ0) is 15.4. The van der Waals surface area contributed by atoms with Crippen molar-refractivity contribution in [2.45, 2.75) is 9.79 Å². The molecule has 0 fully saturated rings. The van der Waals surface area contributed by atoms with Gasteiger partial charge in [-0.15, -0.1) is 0 Å². The smallest absolute Gasteiger partial charge is 0.170 e. The molecule has 0 aliphatic rings. The van der Waals surface area contributed by atoms with Crippen LogP contribution in [-0.2, 0) is 0 Å². The van der Waals surface area contributed by atoms with E-state index in [-0.39, 0.29) is 16.3 Å². The van der Waals surface area contributed by atoms with E-state index in [4.69, 9.17) is 15.7 Å². The van der Waals surface area contributed by atoms with Gasteiger partial charge in [0.05, 0.1) is 12.0 Å². The van der Waals surface area contributed by atoms with Crippen molar-refractivity contribution in [2.75, 3.05) is 7.11 Å². The number of hydrogen-bond donors (Lipinski definition) is 2. The largest absolute Gasteiger partial charge is 0.497 e. The third-order valence-electron chi connectivity index (χ3n) is 2.68. The van der Waals surface area contributed by atoms with Crippen molar-refractivity contribution in [3.05, 3.63) is 53.6 Å². The molecule has 2 rings (SSSR count). The number of oxime groups is 1. The Morgan fingerprint density at radius 2 is 1.76 bits per heavy atom. The van der Waals surface area contributed by atoms with Crippen LogP contribution in [0.3, 0.4) is 0 Å². The first kappa shape index (κ1) is 15.1. The van der Waals surface area contributed by atoms with Gasteiger partial charge < -0.3 is 15.7 Å². The lowest BCUT2D eigenvalue weighted by molar-refractivity contribution is 0.318. The Bertz CT molecular complexity index is 652. The van der Waals surface area contributed by atoms with Crippen LogP contribution >= 0.6 is 11.8 Å². The Balaban J connectivity index is 2.31. The molecule has 0 aromatic heterocycles. The maximum atomic E-state index is 14.0. The van der Waals surface area contributed by atoms with E-state index in [1.807, 2.05) is 0 Å². The molecular weight excluding hydrogens is 298 g/mol. The van der Waals surface area contributed by atoms with Crippen molar-refractivity contribution < 1.29 is 18.7 Å². The van der Waals surface area contributed by atoms with E-state index >= 15 is 0 Å². The topological polar surface area (TPSA) is 67.8 Å². The third-order valence-corrected chi connectivity index (χ3v) is 3.78. The molecule has 0 atom stereocenters. The van der Waals surface area contributed by atoms with Gasteiger partial charge in [0.25, 0.3) is 0 Å². The molecule has 3 N–H and O–H groups in total. The summed E-state index contributed by atoms with van der Waals surface area (Å²) in [6, 6.07) is 8.82. The number of hydrogen-bond acceptors (Lipinski definition) is 4. The predicted molar refractivity (Wildman–Crippen MR) is 76.0 cm³/mol. The average Bonchev–Trinajstić information content (AvgIpc) is 2.50. The first-order valence-electron chi connectivity index (χ1n) is 5.84. The number of amidine groups is 1. The Morgan fingerprint density at radius 1 is 1.19 bits per heavy atom. The standard InChI is InChI=1S/C14H12F2N2O2S/c1-20-9-2-4-10(5-3-9)21-13-11(15)6-8(7-12(13)16)14(17)18-19/h2-7,19H,1H3,(H2,17,18). The lowest BCUT2D eigenvalue weighted by Gasteiger charge is -2.08. The molecule has 0 saturated carbocycles. The fourth-order valence-corrected chi connectivity index (χ4v) is 2.45. The normalized spacial score (nSPS) is 11.5. The summed E-state index contributed by atoms with van der Waals surface area (Å²) in [6.45, 7) is 0. The van der Waals surface area contributed by atoms with Gasteiger partial charge >= 0.3 is 0 Å². The minimum absolute atomic E-state index is 0.0217. The Morgan fingerprint density at radius 3 is 2.24 bits per heavy atom. The minimum Gasteiger partial charge on any atom is -0.497 e. The molecule has 0 aliphatic carbocycles. The zero-order valence-electron chi connectivity index (χ0n) is 11.0. The van der Waals surface area contributed by atoms with E-state index in [0.717, 1.165) is 23.9 Å². The second-order valence-electron chi connectivity index (χ2n) is 4.03. The van der Waals surface area contributed by atoms with E-state index < -0.39 is 11.6 Å². The maximum Gasteiger partial charge on any atom is 0.170 e. The van der Waals surface area contributed by atoms with Crippen LogP contribution in [0.5, 0.6) is 5.75 Å². The molecule has 7 heteroatoms. The van der Waals surface area contributed by atoms with Crippen molar-refractivity contribution in [3.63, 3.8) is 0 Å². The monoisotopic (exact) mass is 310 g/mol. The highest BCUT2D eigenvalue weighted by Crippen LogP contribution is 2.33. The second-order valence-corrected chi connectivity index (χ2v) is 5.12. The van der Waals surface area contributed by atoms with E-state index in [9.17, 15) is 8.78 Å². The zero-order valence-corrected chi connectivity index (χ0v) is 11.8. The van der Waals surface area contributed by atoms with Gasteiger partial charge in [0.1, 0.15) is 17.4 Å². The fourth-order valence-electron chi connectivity index (χ4n) is 1.62. The molecule has 2 aromatic rings. The summed E-state index contributed by atoms with van der Waals surface area (Å²) < 4.78 is 32.9. The van der Waals surface area contributed by atoms with Gasteiger partial charge in [-0.25, -0.2) is 8.78 Å². The van der Waals surface area contributed by atoms with Gasteiger partial charge in [-0.1, -0.05) is 16.9 Å². The number of rotatable bonds is 4. The summed E-state index contributed by atoms with van der Waals surface area (Å²) in [5.74, 6) is -1.26. The van der Waals surface area contributed by atoms with Gasteiger partial charge in [0, 0.05) is 10.5 Å². The summed E-state index contributed by atoms with van der Waals surface area (Å²) >= 11 is 0.939. The van der Waals surface area contributed by atoms with Crippen LogP contribution in [0.15, 0.2) is 51.3 Å². The van der Waals surface area contributed by atoms with E-state index in [2.05, 4.69) is 5.16 Å². The van der Waals surface area contributed by atoms with Gasteiger partial charge in [-0.2, -0.15) is 0 Å². The number of nitrogens with two attached hydrogens (primary N) is 1. The second kappa shape index (κ2) is 6.45. The number of halogens is 2. The molecule has 0 saturated heterocycles. The van der Waals surface area contributed by atoms with Crippen LogP contribution < -0.4 is 10.5 Å². The van der Waals surface area contributed by atoms with Gasteiger partial charge in [0.2, 0.25) is 0 Å². The lowest BCUT2D eigenvalue weighted by atomic mass is 10.2. The van der Waals surface area contributed by atoms with Crippen LogP contribution in [0.25, 0.3) is 0 Å². The minimum atomic E-state index is -0.780. The molecular formula is C14H12F2N2O2S. The van der Waals surface area contributed by atoms with Gasteiger partial charge in [-0.05, 0) is 36.4 Å². The summed E-state index contributed by atoms with van der Waals surface area (Å²) in [5.41, 5.74) is 5.29. The van der Waals surface area contributed by atoms with Crippen LogP contribution in [0, 0.1) is 11.6 Å². The van der Waals surface area contributed by atoms with Crippen LogP contribution in [0.4, 0.5) is 8.78 Å². The van der Waals surface area contributed by atoms with E-state index in [0.29, 0.717) is 10.6 Å². The highest BCUT2D eigenvalue weighted by Gasteiger charge is 2.14. The maximum absolute atomic E-state index is 14.0. The SMILES string of the molecule is COc1ccc(Sc2c(F)cc(/C(N)=N/O)cc2F)cc1. The molecule has 0 heterocycles. The first-order chi connectivity index (χ1) is 10.0. The Hall–Kier alpha value is -2.28. The van der Waals surface area contributed by atoms with Crippen LogP contribution in [0.1, 0.15) is 5.56 Å². The molecule has 0 radical (unpaired) electrons. The number of benzene rings is 2. The molecule has 0 bridgehead atoms. The van der Waals surface area contributed by atoms with Crippen molar-refractivity contribution in [3.8, 4) is 5.75 Å². The molecule has 4 nitrogen and oxygen atoms in total. The Kier molecular flexibility index (Phi) is 4.64. The first-order valence-corrected chi connectivity index (χ1v) is 6.65. The quantitative estimate of drug-likeness (QED) is 0.394. The molecule has 0 amide bonds. The van der Waals surface area contributed by atoms with Crippen LogP contribution in [-0.4, -0.2) is 18.2 Å². The highest BCUT2D eigenvalue weighted by atomic mass is 32.2. The molecule has 0 unspecified atom stereocenters.